The molecule has 0 aromatic carbocycles. The summed E-state index contributed by atoms with van der Waals surface area (Å²) >= 11 is 8.21. The Morgan fingerprint density at radius 3 is 2.40 bits per heavy atom. The summed E-state index contributed by atoms with van der Waals surface area (Å²) in [4.78, 5) is 2.82. The van der Waals surface area contributed by atoms with Crippen LogP contribution in [0, 0.1) is 0 Å². The number of nitrogens with two attached hydrogens (primary N) is 1. The smallest absolute Gasteiger partial charge is 0.238 e. The van der Waals surface area contributed by atoms with E-state index >= 15 is 0 Å². The summed E-state index contributed by atoms with van der Waals surface area (Å²) in [6.07, 6.45) is -2.84. The number of sulfonamides is 1. The highest BCUT2D eigenvalue weighted by molar-refractivity contribution is 9.10. The highest BCUT2D eigenvalue weighted by atomic mass is 79.9. The molecule has 1 heterocycles. The first-order valence-corrected chi connectivity index (χ1v) is 6.12. The number of hydrogen-bond acceptors (Lipinski definition) is 3. The summed E-state index contributed by atoms with van der Waals surface area (Å²) in [5.74, 6) is 0. The van der Waals surface area contributed by atoms with E-state index in [-0.39, 0.29) is 4.60 Å². The fraction of sp³-hybridized carbons (Fsp3) is 0.167. The third kappa shape index (κ3) is 2.83. The number of rotatable bonds is 2. The Bertz CT molecular complexity index is 471. The Morgan fingerprint density at radius 1 is 1.53 bits per heavy atom. The summed E-state index contributed by atoms with van der Waals surface area (Å²) in [6, 6.07) is 0.761. The van der Waals surface area contributed by atoms with E-state index in [0.717, 1.165) is 6.07 Å². The van der Waals surface area contributed by atoms with E-state index in [0.29, 0.717) is 0 Å². The van der Waals surface area contributed by atoms with E-state index in [1.807, 2.05) is 0 Å². The maximum absolute atomic E-state index is 12.2. The predicted molar refractivity (Wildman–Crippen MR) is 53.3 cm³/mol. The van der Waals surface area contributed by atoms with Gasteiger partial charge in [-0.25, -0.2) is 27.3 Å². The summed E-state index contributed by atoms with van der Waals surface area (Å²) in [5, 5.41) is 4.42. The van der Waals surface area contributed by atoms with Crippen molar-refractivity contribution in [3.63, 3.8) is 0 Å². The SMILES string of the molecule is NS(=O)(=O)c1c(Cl)cc(C(F)F)nc1Br. The van der Waals surface area contributed by atoms with E-state index in [9.17, 15) is 17.2 Å². The number of nitrogens with zero attached hydrogens (tertiary/aromatic N) is 1. The molecule has 15 heavy (non-hydrogen) atoms. The van der Waals surface area contributed by atoms with Crippen LogP contribution in [-0.4, -0.2) is 13.4 Å². The monoisotopic (exact) mass is 320 g/mol. The molecule has 0 aliphatic heterocycles. The van der Waals surface area contributed by atoms with Crippen LogP contribution >= 0.6 is 27.5 Å². The molecular formula is C6H4BrClF2N2O2S. The van der Waals surface area contributed by atoms with Crippen LogP contribution in [-0.2, 0) is 10.0 Å². The second-order valence-electron chi connectivity index (χ2n) is 2.49. The maximum atomic E-state index is 12.2. The van der Waals surface area contributed by atoms with E-state index in [1.54, 1.807) is 0 Å². The standard InChI is InChI=1S/C6H4BrClF2N2O2S/c7-5-4(15(11,13)14)2(8)1-3(12-5)6(9)10/h1,6H,(H2,11,13,14). The Hall–Kier alpha value is -0.310. The van der Waals surface area contributed by atoms with E-state index in [4.69, 9.17) is 16.7 Å². The zero-order valence-electron chi connectivity index (χ0n) is 6.92. The molecule has 9 heteroatoms. The lowest BCUT2D eigenvalue weighted by atomic mass is 10.4. The van der Waals surface area contributed by atoms with Gasteiger partial charge in [0, 0.05) is 0 Å². The van der Waals surface area contributed by atoms with Gasteiger partial charge >= 0.3 is 0 Å². The first-order valence-electron chi connectivity index (χ1n) is 3.40. The zero-order valence-corrected chi connectivity index (χ0v) is 10.1. The molecule has 1 aromatic rings. The third-order valence-electron chi connectivity index (χ3n) is 1.41. The molecule has 0 radical (unpaired) electrons. The summed E-state index contributed by atoms with van der Waals surface area (Å²) in [6.45, 7) is 0. The van der Waals surface area contributed by atoms with E-state index in [2.05, 4.69) is 20.9 Å². The van der Waals surface area contributed by atoms with Gasteiger partial charge in [-0.05, 0) is 22.0 Å². The average Bonchev–Trinajstić information content (AvgIpc) is 1.99. The first kappa shape index (κ1) is 12.8. The van der Waals surface area contributed by atoms with Crippen LogP contribution < -0.4 is 5.14 Å². The number of pyridine rings is 1. The zero-order chi connectivity index (χ0) is 11.8. The quantitative estimate of drug-likeness (QED) is 0.848. The van der Waals surface area contributed by atoms with Crippen LogP contribution in [0.2, 0.25) is 5.02 Å². The molecular weight excluding hydrogens is 317 g/mol. The van der Waals surface area contributed by atoms with Gasteiger partial charge in [-0.1, -0.05) is 11.6 Å². The van der Waals surface area contributed by atoms with Crippen molar-refractivity contribution in [2.24, 2.45) is 5.14 Å². The van der Waals surface area contributed by atoms with Crippen LogP contribution in [0.3, 0.4) is 0 Å². The van der Waals surface area contributed by atoms with Gasteiger partial charge < -0.3 is 0 Å². The highest BCUT2D eigenvalue weighted by Crippen LogP contribution is 2.30. The van der Waals surface area contributed by atoms with Crippen LogP contribution in [0.25, 0.3) is 0 Å². The Kier molecular flexibility index (Phi) is 3.64. The van der Waals surface area contributed by atoms with Gasteiger partial charge in [0.05, 0.1) is 5.02 Å². The fourth-order valence-electron chi connectivity index (χ4n) is 0.855. The van der Waals surface area contributed by atoms with Crippen LogP contribution in [0.4, 0.5) is 8.78 Å². The van der Waals surface area contributed by atoms with E-state index < -0.39 is 32.1 Å². The normalized spacial score (nSPS) is 12.1. The molecule has 2 N–H and O–H groups in total. The van der Waals surface area contributed by atoms with Gasteiger partial charge in [0.1, 0.15) is 15.2 Å². The van der Waals surface area contributed by atoms with Crippen LogP contribution in [0.1, 0.15) is 12.1 Å². The minimum atomic E-state index is -4.09. The van der Waals surface area contributed by atoms with Gasteiger partial charge in [-0.2, -0.15) is 0 Å². The molecule has 0 spiro atoms. The lowest BCUT2D eigenvalue weighted by Gasteiger charge is -2.06. The number of hydrogen-bond donors (Lipinski definition) is 1. The lowest BCUT2D eigenvalue weighted by Crippen LogP contribution is -2.14. The molecule has 0 aliphatic carbocycles. The molecule has 0 saturated carbocycles. The second-order valence-corrected chi connectivity index (χ2v) is 5.15. The van der Waals surface area contributed by atoms with Crippen molar-refractivity contribution >= 4 is 37.6 Å². The molecule has 0 fully saturated rings. The Labute approximate surface area is 97.6 Å². The van der Waals surface area contributed by atoms with Crippen molar-refractivity contribution < 1.29 is 17.2 Å². The van der Waals surface area contributed by atoms with Gasteiger partial charge in [0.2, 0.25) is 10.0 Å². The van der Waals surface area contributed by atoms with Crippen molar-refractivity contribution in [1.29, 1.82) is 0 Å². The van der Waals surface area contributed by atoms with Gasteiger partial charge in [-0.3, -0.25) is 0 Å². The summed E-state index contributed by atoms with van der Waals surface area (Å²) in [7, 11) is -4.09. The van der Waals surface area contributed by atoms with Crippen molar-refractivity contribution in [2.75, 3.05) is 0 Å². The molecule has 4 nitrogen and oxygen atoms in total. The van der Waals surface area contributed by atoms with E-state index in [1.165, 1.54) is 0 Å². The largest absolute Gasteiger partial charge is 0.280 e. The maximum Gasteiger partial charge on any atom is 0.280 e. The predicted octanol–water partition coefficient (Wildman–Crippen LogP) is 2.08. The molecule has 0 bridgehead atoms. The topological polar surface area (TPSA) is 73.1 Å². The minimum Gasteiger partial charge on any atom is -0.238 e. The molecule has 0 unspecified atom stereocenters. The molecule has 0 aliphatic rings. The van der Waals surface area contributed by atoms with Crippen molar-refractivity contribution in [2.45, 2.75) is 11.3 Å². The van der Waals surface area contributed by atoms with Crippen molar-refractivity contribution in [1.82, 2.24) is 4.98 Å². The molecule has 84 valence electrons. The van der Waals surface area contributed by atoms with Crippen LogP contribution in [0.5, 0.6) is 0 Å². The number of halogens is 4. The number of primary sulfonamides is 1. The van der Waals surface area contributed by atoms with Gasteiger partial charge in [0.15, 0.2) is 0 Å². The van der Waals surface area contributed by atoms with Crippen LogP contribution in [0.15, 0.2) is 15.6 Å². The average molecular weight is 322 g/mol. The Balaban J connectivity index is 3.48. The molecule has 0 saturated heterocycles. The third-order valence-corrected chi connectivity index (χ3v) is 3.64. The molecule has 0 atom stereocenters. The molecule has 1 rings (SSSR count). The Morgan fingerprint density at radius 2 is 2.07 bits per heavy atom. The van der Waals surface area contributed by atoms with Crippen molar-refractivity contribution in [3.05, 3.63) is 21.4 Å². The lowest BCUT2D eigenvalue weighted by molar-refractivity contribution is 0.145. The molecule has 0 amide bonds. The van der Waals surface area contributed by atoms with Crippen molar-refractivity contribution in [3.8, 4) is 0 Å². The fourth-order valence-corrected chi connectivity index (χ4v) is 3.20. The summed E-state index contributed by atoms with van der Waals surface area (Å²) in [5.41, 5.74) is -0.626. The minimum absolute atomic E-state index is 0.326. The van der Waals surface area contributed by atoms with Gasteiger partial charge in [0.25, 0.3) is 6.43 Å². The number of alkyl halides is 2. The number of aromatic nitrogens is 1. The first-order chi connectivity index (χ1) is 6.73. The van der Waals surface area contributed by atoms with Gasteiger partial charge in [-0.15, -0.1) is 0 Å². The highest BCUT2D eigenvalue weighted by Gasteiger charge is 2.22. The second kappa shape index (κ2) is 4.28. The summed E-state index contributed by atoms with van der Waals surface area (Å²) < 4.78 is 46.1. The molecule has 1 aromatic heterocycles.